The summed E-state index contributed by atoms with van der Waals surface area (Å²) >= 11 is 0. The summed E-state index contributed by atoms with van der Waals surface area (Å²) in [5, 5.41) is 12.3. The largest absolute Gasteiger partial charge is 0.393 e. The van der Waals surface area contributed by atoms with Gasteiger partial charge < -0.3 is 5.11 Å². The van der Waals surface area contributed by atoms with E-state index in [9.17, 15) is 5.11 Å². The molecule has 6 rings (SSSR count). The summed E-state index contributed by atoms with van der Waals surface area (Å²) in [6.07, 6.45) is 19.2. The predicted molar refractivity (Wildman–Crippen MR) is 127 cm³/mol. The smallest absolute Gasteiger partial charge is 0.162 e. The minimum atomic E-state index is -0.0405. The highest BCUT2D eigenvalue weighted by molar-refractivity contribution is 5.72. The van der Waals surface area contributed by atoms with Gasteiger partial charge in [-0.3, -0.25) is 0 Å². The first-order valence-electron chi connectivity index (χ1n) is 13.4. The number of rotatable bonds is 4. The zero-order valence-corrected chi connectivity index (χ0v) is 19.6. The number of aryl methyl sites for hydroxylation is 1. The Morgan fingerprint density at radius 3 is 2.91 bits per heavy atom. The molecule has 4 aliphatic carbocycles. The highest BCUT2D eigenvalue weighted by atomic mass is 16.3. The van der Waals surface area contributed by atoms with Crippen LogP contribution in [0.3, 0.4) is 0 Å². The zero-order valence-electron chi connectivity index (χ0n) is 19.6. The fourth-order valence-electron chi connectivity index (χ4n) is 8.95. The van der Waals surface area contributed by atoms with Crippen LogP contribution >= 0.6 is 0 Å². The number of pyridine rings is 1. The van der Waals surface area contributed by atoms with Crippen molar-refractivity contribution in [1.82, 2.24) is 15.0 Å². The van der Waals surface area contributed by atoms with Crippen molar-refractivity contribution in [3.8, 4) is 0 Å². The van der Waals surface area contributed by atoms with Crippen LogP contribution in [-0.4, -0.2) is 26.2 Å². The normalized spacial score (nSPS) is 41.1. The maximum absolute atomic E-state index is 11.3. The second-order valence-electron chi connectivity index (χ2n) is 11.8. The van der Waals surface area contributed by atoms with Gasteiger partial charge in [0.05, 0.1) is 6.10 Å². The maximum Gasteiger partial charge on any atom is 0.162 e. The number of fused-ring (bicyclic) bond motifs is 6. The van der Waals surface area contributed by atoms with Crippen molar-refractivity contribution in [2.75, 3.05) is 0 Å². The number of aliphatic hydroxyl groups excluding tert-OH is 1. The average Bonchev–Trinajstić information content (AvgIpc) is 3.23. The van der Waals surface area contributed by atoms with E-state index < -0.39 is 0 Å². The predicted octanol–water partition coefficient (Wildman–Crippen LogP) is 5.98. The van der Waals surface area contributed by atoms with E-state index in [0.717, 1.165) is 59.3 Å². The maximum atomic E-state index is 11.3. The Labute approximate surface area is 192 Å². The Bertz CT molecular complexity index is 963. The molecule has 0 saturated heterocycles. The molecule has 0 aromatic carbocycles. The molecule has 0 radical (unpaired) electrons. The Morgan fingerprint density at radius 2 is 1.97 bits per heavy atom. The molecule has 172 valence electrons. The molecular weight excluding hydrogens is 394 g/mol. The molecule has 0 amide bonds. The van der Waals surface area contributed by atoms with Gasteiger partial charge in [-0.25, -0.2) is 15.0 Å². The van der Waals surface area contributed by atoms with Crippen molar-refractivity contribution in [1.29, 1.82) is 0 Å². The van der Waals surface area contributed by atoms with E-state index in [1.807, 2.05) is 24.5 Å². The topological polar surface area (TPSA) is 58.9 Å². The number of aromatic nitrogens is 3. The second-order valence-corrected chi connectivity index (χ2v) is 11.8. The third kappa shape index (κ3) is 3.48. The van der Waals surface area contributed by atoms with Crippen LogP contribution in [0.5, 0.6) is 0 Å². The van der Waals surface area contributed by atoms with Crippen molar-refractivity contribution in [3.63, 3.8) is 0 Å². The summed E-state index contributed by atoms with van der Waals surface area (Å²) in [6, 6.07) is 3.96. The third-order valence-electron chi connectivity index (χ3n) is 10.4. The molecule has 2 aromatic rings. The third-order valence-corrected chi connectivity index (χ3v) is 10.4. The lowest BCUT2D eigenvalue weighted by Crippen LogP contribution is -2.55. The molecule has 4 fully saturated rings. The highest BCUT2D eigenvalue weighted by Gasteiger charge is 2.58. The molecule has 4 aliphatic rings. The van der Waals surface area contributed by atoms with Crippen LogP contribution in [0.15, 0.2) is 24.5 Å². The van der Waals surface area contributed by atoms with Gasteiger partial charge in [-0.1, -0.05) is 19.8 Å². The molecule has 32 heavy (non-hydrogen) atoms. The van der Waals surface area contributed by atoms with Crippen LogP contribution in [0, 0.1) is 40.9 Å². The minimum absolute atomic E-state index is 0.0405. The molecule has 2 heterocycles. The first-order valence-corrected chi connectivity index (χ1v) is 13.4. The molecule has 0 spiro atoms. The standard InChI is InChI=1S/C28H39N3O/c1-28-14-3-2-8-20(28)16-24(32)26-22-11-10-18(21(22)12-13-23(26)28)6-4-9-25-30-17-19-7-5-15-29-27(19)31-25/h5,7,15,17-18,20-24,26,32H,2-4,6,8-14,16H2,1H3. The summed E-state index contributed by atoms with van der Waals surface area (Å²) in [5.41, 5.74) is 1.32. The number of hydrogen-bond donors (Lipinski definition) is 1. The van der Waals surface area contributed by atoms with Crippen molar-refractivity contribution >= 4 is 11.0 Å². The van der Waals surface area contributed by atoms with Gasteiger partial charge in [0.2, 0.25) is 0 Å². The summed E-state index contributed by atoms with van der Waals surface area (Å²) in [5.74, 6) is 5.51. The van der Waals surface area contributed by atoms with Crippen LogP contribution in [0.1, 0.15) is 83.4 Å². The Kier molecular flexibility index (Phi) is 5.48. The molecule has 4 saturated carbocycles. The summed E-state index contributed by atoms with van der Waals surface area (Å²) in [7, 11) is 0. The molecule has 0 aliphatic heterocycles. The highest BCUT2D eigenvalue weighted by Crippen LogP contribution is 2.64. The zero-order chi connectivity index (χ0) is 21.7. The number of aliphatic hydroxyl groups is 1. The lowest BCUT2D eigenvalue weighted by Gasteiger charge is -2.59. The van der Waals surface area contributed by atoms with Crippen molar-refractivity contribution in [2.45, 2.75) is 90.1 Å². The minimum Gasteiger partial charge on any atom is -0.393 e. The number of hydrogen-bond acceptors (Lipinski definition) is 4. The van der Waals surface area contributed by atoms with E-state index in [0.29, 0.717) is 11.3 Å². The van der Waals surface area contributed by atoms with Crippen LogP contribution in [0.4, 0.5) is 0 Å². The SMILES string of the molecule is CC12CCCCC1CC(O)C1C3CCC(CCCc4ncc5cccnc5n4)C3CCC12. The Balaban J connectivity index is 1.10. The van der Waals surface area contributed by atoms with E-state index >= 15 is 0 Å². The summed E-state index contributed by atoms with van der Waals surface area (Å²) in [4.78, 5) is 13.6. The molecule has 8 unspecified atom stereocenters. The molecule has 8 atom stereocenters. The monoisotopic (exact) mass is 433 g/mol. The summed E-state index contributed by atoms with van der Waals surface area (Å²) in [6.45, 7) is 2.60. The van der Waals surface area contributed by atoms with E-state index in [4.69, 9.17) is 0 Å². The van der Waals surface area contributed by atoms with E-state index in [1.165, 1.54) is 64.2 Å². The van der Waals surface area contributed by atoms with E-state index in [-0.39, 0.29) is 6.10 Å². The van der Waals surface area contributed by atoms with Crippen LogP contribution < -0.4 is 0 Å². The van der Waals surface area contributed by atoms with Gasteiger partial charge in [-0.2, -0.15) is 0 Å². The Morgan fingerprint density at radius 1 is 1.06 bits per heavy atom. The van der Waals surface area contributed by atoms with Gasteiger partial charge in [-0.15, -0.1) is 0 Å². The molecule has 0 bridgehead atoms. The quantitative estimate of drug-likeness (QED) is 0.644. The van der Waals surface area contributed by atoms with Gasteiger partial charge in [0, 0.05) is 24.2 Å². The first-order chi connectivity index (χ1) is 15.6. The molecule has 4 nitrogen and oxygen atoms in total. The summed E-state index contributed by atoms with van der Waals surface area (Å²) < 4.78 is 0. The average molecular weight is 434 g/mol. The fourth-order valence-corrected chi connectivity index (χ4v) is 8.95. The second kappa shape index (κ2) is 8.34. The molecular formula is C28H39N3O. The molecule has 4 heteroatoms. The lowest BCUT2D eigenvalue weighted by atomic mass is 9.46. The van der Waals surface area contributed by atoms with Gasteiger partial charge in [0.15, 0.2) is 5.65 Å². The van der Waals surface area contributed by atoms with Gasteiger partial charge >= 0.3 is 0 Å². The van der Waals surface area contributed by atoms with Crippen molar-refractivity contribution < 1.29 is 5.11 Å². The van der Waals surface area contributed by atoms with Crippen molar-refractivity contribution in [3.05, 3.63) is 30.4 Å². The number of nitrogens with zero attached hydrogens (tertiary/aromatic N) is 3. The molecule has 2 aromatic heterocycles. The van der Waals surface area contributed by atoms with Gasteiger partial charge in [-0.05, 0) is 111 Å². The lowest BCUT2D eigenvalue weighted by molar-refractivity contribution is -0.145. The van der Waals surface area contributed by atoms with Gasteiger partial charge in [0.25, 0.3) is 0 Å². The van der Waals surface area contributed by atoms with Crippen molar-refractivity contribution in [2.24, 2.45) is 40.9 Å². The Hall–Kier alpha value is -1.55. The van der Waals surface area contributed by atoms with Crippen LogP contribution in [0.2, 0.25) is 0 Å². The van der Waals surface area contributed by atoms with E-state index in [1.54, 1.807) is 0 Å². The van der Waals surface area contributed by atoms with Crippen LogP contribution in [0.25, 0.3) is 11.0 Å². The molecule has 1 N–H and O–H groups in total. The van der Waals surface area contributed by atoms with Gasteiger partial charge in [0.1, 0.15) is 5.82 Å². The van der Waals surface area contributed by atoms with Crippen LogP contribution in [-0.2, 0) is 6.42 Å². The first kappa shape index (κ1) is 21.0. The van der Waals surface area contributed by atoms with E-state index in [2.05, 4.69) is 21.9 Å². The fraction of sp³-hybridized carbons (Fsp3) is 0.750.